The molecule has 0 aliphatic heterocycles. The number of pyridine rings is 1. The molecule has 1 aliphatic carbocycles. The Morgan fingerprint density at radius 3 is 2.95 bits per heavy atom. The molecule has 3 rings (SSSR count). The lowest BCUT2D eigenvalue weighted by atomic mass is 9.88. The maximum Gasteiger partial charge on any atom is 0.203 e. The minimum absolute atomic E-state index is 0.551. The van der Waals surface area contributed by atoms with Crippen molar-refractivity contribution in [3.63, 3.8) is 0 Å². The minimum atomic E-state index is 0.551. The van der Waals surface area contributed by atoms with E-state index < -0.39 is 0 Å². The lowest BCUT2D eigenvalue weighted by molar-refractivity contribution is 0.614. The second kappa shape index (κ2) is 6.80. The van der Waals surface area contributed by atoms with Gasteiger partial charge in [0.1, 0.15) is 5.01 Å². The molecule has 5 heteroatoms. The zero-order chi connectivity index (χ0) is 14.5. The zero-order valence-electron chi connectivity index (χ0n) is 12.0. The number of hydrogen-bond acceptors (Lipinski definition) is 5. The highest BCUT2D eigenvalue weighted by Gasteiger charge is 2.13. The molecule has 0 radical (unpaired) electrons. The van der Waals surface area contributed by atoms with Crippen molar-refractivity contribution in [1.29, 1.82) is 0 Å². The van der Waals surface area contributed by atoms with Gasteiger partial charge in [-0.2, -0.15) is 0 Å². The summed E-state index contributed by atoms with van der Waals surface area (Å²) in [6, 6.07) is 4.44. The summed E-state index contributed by atoms with van der Waals surface area (Å²) < 4.78 is 0. The standard InChI is InChI=1S/C16H20N4S/c17-16-20-19-15(21-16)8-4-7-14-11-13(9-10-18-14)12-5-2-1-3-6-12/h1-2,9-12H,3-8H2,(H2,17,20). The predicted octanol–water partition coefficient (Wildman–Crippen LogP) is 3.51. The van der Waals surface area contributed by atoms with Crippen molar-refractivity contribution in [2.24, 2.45) is 0 Å². The van der Waals surface area contributed by atoms with E-state index in [2.05, 4.69) is 39.5 Å². The van der Waals surface area contributed by atoms with E-state index in [9.17, 15) is 0 Å². The zero-order valence-corrected chi connectivity index (χ0v) is 12.9. The quantitative estimate of drug-likeness (QED) is 0.858. The molecule has 0 fully saturated rings. The van der Waals surface area contributed by atoms with Gasteiger partial charge in [-0.05, 0) is 55.7 Å². The van der Waals surface area contributed by atoms with Gasteiger partial charge in [0.15, 0.2) is 0 Å². The fourth-order valence-corrected chi connectivity index (χ4v) is 3.42. The van der Waals surface area contributed by atoms with Crippen LogP contribution in [0.3, 0.4) is 0 Å². The first-order valence-electron chi connectivity index (χ1n) is 7.49. The van der Waals surface area contributed by atoms with Gasteiger partial charge in [0.25, 0.3) is 0 Å². The van der Waals surface area contributed by atoms with Crippen LogP contribution in [0.25, 0.3) is 0 Å². The molecule has 0 bridgehead atoms. The second-order valence-electron chi connectivity index (χ2n) is 5.45. The van der Waals surface area contributed by atoms with Gasteiger partial charge in [-0.15, -0.1) is 10.2 Å². The number of allylic oxidation sites excluding steroid dienone is 2. The van der Waals surface area contributed by atoms with Crippen molar-refractivity contribution in [3.05, 3.63) is 46.7 Å². The van der Waals surface area contributed by atoms with Crippen molar-refractivity contribution in [3.8, 4) is 0 Å². The lowest BCUT2D eigenvalue weighted by Gasteiger charge is -2.18. The third-order valence-corrected chi connectivity index (χ3v) is 4.70. The maximum atomic E-state index is 5.59. The van der Waals surface area contributed by atoms with Crippen LogP contribution < -0.4 is 5.73 Å². The SMILES string of the molecule is Nc1nnc(CCCc2cc(C3CC=CCC3)ccn2)s1. The number of hydrogen-bond donors (Lipinski definition) is 1. The molecule has 110 valence electrons. The Kier molecular flexibility index (Phi) is 4.60. The van der Waals surface area contributed by atoms with Crippen LogP contribution in [-0.2, 0) is 12.8 Å². The van der Waals surface area contributed by atoms with Crippen LogP contribution in [0.4, 0.5) is 5.13 Å². The molecule has 2 aromatic heterocycles. The van der Waals surface area contributed by atoms with E-state index in [-0.39, 0.29) is 0 Å². The van der Waals surface area contributed by atoms with Gasteiger partial charge in [-0.3, -0.25) is 4.98 Å². The maximum absolute atomic E-state index is 5.59. The summed E-state index contributed by atoms with van der Waals surface area (Å²) in [7, 11) is 0. The van der Waals surface area contributed by atoms with E-state index in [0.717, 1.165) is 30.7 Å². The Labute approximate surface area is 129 Å². The molecular weight excluding hydrogens is 280 g/mol. The summed E-state index contributed by atoms with van der Waals surface area (Å²) in [5.41, 5.74) is 8.21. The largest absolute Gasteiger partial charge is 0.374 e. The van der Waals surface area contributed by atoms with Gasteiger partial charge in [0.2, 0.25) is 5.13 Å². The van der Waals surface area contributed by atoms with Gasteiger partial charge in [-0.25, -0.2) is 0 Å². The van der Waals surface area contributed by atoms with Gasteiger partial charge >= 0.3 is 0 Å². The van der Waals surface area contributed by atoms with Crippen molar-refractivity contribution in [1.82, 2.24) is 15.2 Å². The van der Waals surface area contributed by atoms with E-state index in [1.165, 1.54) is 35.4 Å². The molecule has 1 atom stereocenters. The Bertz CT molecular complexity index is 620. The van der Waals surface area contributed by atoms with Gasteiger partial charge in [0, 0.05) is 18.3 Å². The first-order valence-corrected chi connectivity index (χ1v) is 8.30. The molecule has 2 heterocycles. The Morgan fingerprint density at radius 1 is 1.24 bits per heavy atom. The topological polar surface area (TPSA) is 64.7 Å². The molecular formula is C16H20N4S. The Balaban J connectivity index is 1.57. The minimum Gasteiger partial charge on any atom is -0.374 e. The summed E-state index contributed by atoms with van der Waals surface area (Å²) in [6.45, 7) is 0. The van der Waals surface area contributed by atoms with Crippen LogP contribution >= 0.6 is 11.3 Å². The van der Waals surface area contributed by atoms with Gasteiger partial charge < -0.3 is 5.73 Å². The number of nitrogens with zero attached hydrogens (tertiary/aromatic N) is 3. The van der Waals surface area contributed by atoms with E-state index in [1.807, 2.05) is 6.20 Å². The predicted molar refractivity (Wildman–Crippen MR) is 86.3 cm³/mol. The summed E-state index contributed by atoms with van der Waals surface area (Å²) in [6.07, 6.45) is 13.1. The molecule has 4 nitrogen and oxygen atoms in total. The van der Waals surface area contributed by atoms with Gasteiger partial charge in [0.05, 0.1) is 0 Å². The average Bonchev–Trinajstić information content (AvgIpc) is 2.94. The van der Waals surface area contributed by atoms with Crippen molar-refractivity contribution in [2.45, 2.75) is 44.4 Å². The third-order valence-electron chi connectivity index (χ3n) is 3.89. The number of aryl methyl sites for hydroxylation is 2. The van der Waals surface area contributed by atoms with E-state index in [0.29, 0.717) is 11.0 Å². The molecule has 1 aliphatic rings. The van der Waals surface area contributed by atoms with Crippen LogP contribution in [0.2, 0.25) is 0 Å². The number of nitrogen functional groups attached to an aromatic ring is 1. The molecule has 0 amide bonds. The molecule has 1 unspecified atom stereocenters. The highest BCUT2D eigenvalue weighted by atomic mass is 32.1. The van der Waals surface area contributed by atoms with E-state index in [4.69, 9.17) is 5.73 Å². The summed E-state index contributed by atoms with van der Waals surface area (Å²) in [4.78, 5) is 4.50. The lowest BCUT2D eigenvalue weighted by Crippen LogP contribution is -2.03. The molecule has 0 saturated carbocycles. The number of aromatic nitrogens is 3. The van der Waals surface area contributed by atoms with E-state index >= 15 is 0 Å². The smallest absolute Gasteiger partial charge is 0.203 e. The van der Waals surface area contributed by atoms with Crippen molar-refractivity contribution in [2.75, 3.05) is 5.73 Å². The average molecular weight is 300 g/mol. The van der Waals surface area contributed by atoms with Gasteiger partial charge in [-0.1, -0.05) is 23.5 Å². The second-order valence-corrected chi connectivity index (χ2v) is 6.54. The summed E-state index contributed by atoms with van der Waals surface area (Å²) in [5, 5.41) is 9.46. The number of anilines is 1. The fourth-order valence-electron chi connectivity index (χ4n) is 2.77. The molecule has 21 heavy (non-hydrogen) atoms. The Morgan fingerprint density at radius 2 is 2.19 bits per heavy atom. The van der Waals surface area contributed by atoms with Crippen LogP contribution in [0, 0.1) is 0 Å². The van der Waals surface area contributed by atoms with Crippen LogP contribution in [0.15, 0.2) is 30.5 Å². The molecule has 2 aromatic rings. The first-order chi connectivity index (χ1) is 10.3. The summed E-state index contributed by atoms with van der Waals surface area (Å²) >= 11 is 1.48. The summed E-state index contributed by atoms with van der Waals surface area (Å²) in [5.74, 6) is 0.666. The fraction of sp³-hybridized carbons (Fsp3) is 0.438. The molecule has 0 spiro atoms. The van der Waals surface area contributed by atoms with Crippen molar-refractivity contribution < 1.29 is 0 Å². The van der Waals surface area contributed by atoms with Crippen LogP contribution in [0.5, 0.6) is 0 Å². The highest BCUT2D eigenvalue weighted by molar-refractivity contribution is 7.15. The van der Waals surface area contributed by atoms with Crippen molar-refractivity contribution >= 4 is 16.5 Å². The molecule has 2 N–H and O–H groups in total. The number of nitrogens with two attached hydrogens (primary N) is 1. The first kappa shape index (κ1) is 14.2. The number of rotatable bonds is 5. The van der Waals surface area contributed by atoms with Crippen LogP contribution in [0.1, 0.15) is 47.9 Å². The van der Waals surface area contributed by atoms with Crippen LogP contribution in [-0.4, -0.2) is 15.2 Å². The Hall–Kier alpha value is -1.75. The monoisotopic (exact) mass is 300 g/mol. The normalized spacial score (nSPS) is 18.0. The van der Waals surface area contributed by atoms with E-state index in [1.54, 1.807) is 0 Å². The highest BCUT2D eigenvalue weighted by Crippen LogP contribution is 2.29. The third kappa shape index (κ3) is 3.88. The molecule has 0 aromatic carbocycles. The molecule has 0 saturated heterocycles.